The summed E-state index contributed by atoms with van der Waals surface area (Å²) >= 11 is 3.07. The number of rotatable bonds is 5. The predicted molar refractivity (Wildman–Crippen MR) is 71.9 cm³/mol. The molecule has 0 aliphatic heterocycles. The molecule has 1 aromatic carbocycles. The molecule has 0 amide bonds. The lowest BCUT2D eigenvalue weighted by molar-refractivity contribution is -0.144. The third-order valence-electron chi connectivity index (χ3n) is 2.79. The Bertz CT molecular complexity index is 451. The Morgan fingerprint density at radius 2 is 2.17 bits per heavy atom. The monoisotopic (exact) mass is 317 g/mol. The number of nitrogens with one attached hydrogen (secondary N) is 1. The van der Waals surface area contributed by atoms with E-state index in [-0.39, 0.29) is 4.47 Å². The Labute approximate surface area is 115 Å². The summed E-state index contributed by atoms with van der Waals surface area (Å²) < 4.78 is 13.5. The van der Waals surface area contributed by atoms with Gasteiger partial charge >= 0.3 is 5.97 Å². The van der Waals surface area contributed by atoms with Crippen LogP contribution in [0, 0.1) is 11.7 Å². The van der Waals surface area contributed by atoms with Crippen LogP contribution in [0.5, 0.6) is 0 Å². The van der Waals surface area contributed by atoms with E-state index in [1.54, 1.807) is 6.92 Å². The standard InChI is InChI=1S/C13H17BrFNO2/c1-8(2)7-16-13(3,12(17)18)9-4-5-11(15)10(14)6-9/h4-6,8,16H,7H2,1-3H3,(H,17,18). The van der Waals surface area contributed by atoms with Crippen LogP contribution in [-0.2, 0) is 10.3 Å². The maximum Gasteiger partial charge on any atom is 0.328 e. The molecule has 100 valence electrons. The molecule has 0 aliphatic rings. The van der Waals surface area contributed by atoms with Gasteiger partial charge in [0.2, 0.25) is 0 Å². The van der Waals surface area contributed by atoms with Crippen molar-refractivity contribution >= 4 is 21.9 Å². The fraction of sp³-hybridized carbons (Fsp3) is 0.462. The summed E-state index contributed by atoms with van der Waals surface area (Å²) in [4.78, 5) is 11.5. The zero-order valence-corrected chi connectivity index (χ0v) is 12.2. The Kier molecular flexibility index (Phi) is 4.87. The van der Waals surface area contributed by atoms with Gasteiger partial charge in [-0.25, -0.2) is 9.18 Å². The molecule has 0 aromatic heterocycles. The van der Waals surface area contributed by atoms with Gasteiger partial charge in [-0.3, -0.25) is 5.32 Å². The van der Waals surface area contributed by atoms with Crippen molar-refractivity contribution in [3.8, 4) is 0 Å². The lowest BCUT2D eigenvalue weighted by atomic mass is 9.91. The molecule has 5 heteroatoms. The van der Waals surface area contributed by atoms with Gasteiger partial charge in [0.25, 0.3) is 0 Å². The van der Waals surface area contributed by atoms with Gasteiger partial charge in [-0.1, -0.05) is 19.9 Å². The molecular weight excluding hydrogens is 301 g/mol. The van der Waals surface area contributed by atoms with Crippen molar-refractivity contribution in [2.45, 2.75) is 26.3 Å². The average Bonchev–Trinajstić information content (AvgIpc) is 2.29. The number of hydrogen-bond acceptors (Lipinski definition) is 2. The lowest BCUT2D eigenvalue weighted by Gasteiger charge is -2.28. The van der Waals surface area contributed by atoms with Crippen molar-refractivity contribution in [1.82, 2.24) is 5.32 Å². The molecule has 0 heterocycles. The second kappa shape index (κ2) is 5.80. The van der Waals surface area contributed by atoms with Gasteiger partial charge in [-0.15, -0.1) is 0 Å². The van der Waals surface area contributed by atoms with E-state index >= 15 is 0 Å². The van der Waals surface area contributed by atoms with E-state index in [1.807, 2.05) is 13.8 Å². The molecule has 0 saturated heterocycles. The normalized spacial score (nSPS) is 14.6. The van der Waals surface area contributed by atoms with E-state index in [2.05, 4.69) is 21.2 Å². The molecule has 3 nitrogen and oxygen atoms in total. The van der Waals surface area contributed by atoms with Gasteiger partial charge in [-0.05, 0) is 53.0 Å². The Hall–Kier alpha value is -0.940. The minimum Gasteiger partial charge on any atom is -0.480 e. The van der Waals surface area contributed by atoms with E-state index in [4.69, 9.17) is 0 Å². The molecule has 0 spiro atoms. The number of carbonyl (C=O) groups is 1. The van der Waals surface area contributed by atoms with Crippen LogP contribution < -0.4 is 5.32 Å². The summed E-state index contributed by atoms with van der Waals surface area (Å²) in [5.74, 6) is -1.07. The van der Waals surface area contributed by atoms with Crippen LogP contribution in [0.15, 0.2) is 22.7 Å². The first-order valence-electron chi connectivity index (χ1n) is 5.71. The number of hydrogen-bond donors (Lipinski definition) is 2. The largest absolute Gasteiger partial charge is 0.480 e. The molecule has 1 aromatic rings. The molecule has 1 atom stereocenters. The van der Waals surface area contributed by atoms with Crippen molar-refractivity contribution in [2.75, 3.05) is 6.54 Å². The van der Waals surface area contributed by atoms with Crippen LogP contribution in [0.3, 0.4) is 0 Å². The van der Waals surface area contributed by atoms with Crippen LogP contribution in [0.25, 0.3) is 0 Å². The second-order valence-corrected chi connectivity index (χ2v) is 5.69. The average molecular weight is 318 g/mol. The van der Waals surface area contributed by atoms with Crippen LogP contribution >= 0.6 is 15.9 Å². The minimum atomic E-state index is -1.22. The number of halogens is 2. The van der Waals surface area contributed by atoms with Crippen LogP contribution in [0.1, 0.15) is 26.3 Å². The minimum absolute atomic E-state index is 0.263. The van der Waals surface area contributed by atoms with Crippen LogP contribution in [0.2, 0.25) is 0 Å². The highest BCUT2D eigenvalue weighted by Crippen LogP contribution is 2.26. The molecule has 0 bridgehead atoms. The number of carboxylic acids is 1. The second-order valence-electron chi connectivity index (χ2n) is 4.83. The molecule has 0 radical (unpaired) electrons. The first-order valence-corrected chi connectivity index (χ1v) is 6.50. The van der Waals surface area contributed by atoms with Crippen molar-refractivity contribution in [3.05, 3.63) is 34.1 Å². The highest BCUT2D eigenvalue weighted by atomic mass is 79.9. The van der Waals surface area contributed by atoms with E-state index in [0.717, 1.165) is 0 Å². The summed E-state index contributed by atoms with van der Waals surface area (Å²) in [6.45, 7) is 6.14. The van der Waals surface area contributed by atoms with E-state index < -0.39 is 17.3 Å². The van der Waals surface area contributed by atoms with E-state index in [1.165, 1.54) is 18.2 Å². The predicted octanol–water partition coefficient (Wildman–Crippen LogP) is 3.13. The van der Waals surface area contributed by atoms with Crippen LogP contribution in [0.4, 0.5) is 4.39 Å². The summed E-state index contributed by atoms with van der Waals surface area (Å²) in [6.07, 6.45) is 0. The SMILES string of the molecule is CC(C)CNC(C)(C(=O)O)c1ccc(F)c(Br)c1. The summed E-state index contributed by atoms with van der Waals surface area (Å²) in [7, 11) is 0. The third kappa shape index (κ3) is 3.29. The Morgan fingerprint density at radius 3 is 2.61 bits per heavy atom. The molecule has 0 fully saturated rings. The molecule has 0 aliphatic carbocycles. The smallest absolute Gasteiger partial charge is 0.328 e. The number of carboxylic acid groups (broad SMARTS) is 1. The van der Waals surface area contributed by atoms with Crippen molar-refractivity contribution < 1.29 is 14.3 Å². The quantitative estimate of drug-likeness (QED) is 0.877. The molecule has 2 N–H and O–H groups in total. The lowest BCUT2D eigenvalue weighted by Crippen LogP contribution is -2.48. The van der Waals surface area contributed by atoms with Crippen LogP contribution in [-0.4, -0.2) is 17.6 Å². The summed E-state index contributed by atoms with van der Waals surface area (Å²) in [5.41, 5.74) is -0.704. The van der Waals surface area contributed by atoms with Crippen molar-refractivity contribution in [2.24, 2.45) is 5.92 Å². The number of benzene rings is 1. The van der Waals surface area contributed by atoms with Crippen molar-refractivity contribution in [3.63, 3.8) is 0 Å². The maximum atomic E-state index is 13.2. The van der Waals surface area contributed by atoms with Gasteiger partial charge < -0.3 is 5.11 Å². The third-order valence-corrected chi connectivity index (χ3v) is 3.40. The fourth-order valence-corrected chi connectivity index (χ4v) is 1.90. The van der Waals surface area contributed by atoms with E-state index in [0.29, 0.717) is 18.0 Å². The molecule has 1 rings (SSSR count). The summed E-state index contributed by atoms with van der Waals surface area (Å²) in [5, 5.41) is 12.4. The Morgan fingerprint density at radius 1 is 1.56 bits per heavy atom. The number of aliphatic carboxylic acids is 1. The van der Waals surface area contributed by atoms with Gasteiger partial charge in [0, 0.05) is 0 Å². The molecule has 18 heavy (non-hydrogen) atoms. The first kappa shape index (κ1) is 15.1. The molecular formula is C13H17BrFNO2. The first-order chi connectivity index (χ1) is 8.27. The molecule has 0 saturated carbocycles. The Balaban J connectivity index is 3.10. The fourth-order valence-electron chi connectivity index (χ4n) is 1.52. The maximum absolute atomic E-state index is 13.2. The van der Waals surface area contributed by atoms with Gasteiger partial charge in [0.05, 0.1) is 4.47 Å². The van der Waals surface area contributed by atoms with Gasteiger partial charge in [0.15, 0.2) is 0 Å². The van der Waals surface area contributed by atoms with Gasteiger partial charge in [0.1, 0.15) is 11.4 Å². The molecule has 1 unspecified atom stereocenters. The van der Waals surface area contributed by atoms with Crippen molar-refractivity contribution in [1.29, 1.82) is 0 Å². The zero-order chi connectivity index (χ0) is 13.9. The van der Waals surface area contributed by atoms with E-state index in [9.17, 15) is 14.3 Å². The van der Waals surface area contributed by atoms with Gasteiger partial charge in [-0.2, -0.15) is 0 Å². The zero-order valence-electron chi connectivity index (χ0n) is 10.6. The highest BCUT2D eigenvalue weighted by Gasteiger charge is 2.35. The summed E-state index contributed by atoms with van der Waals surface area (Å²) in [6, 6.07) is 4.25. The topological polar surface area (TPSA) is 49.3 Å². The highest BCUT2D eigenvalue weighted by molar-refractivity contribution is 9.10.